The summed E-state index contributed by atoms with van der Waals surface area (Å²) < 4.78 is 12.1. The molecular formula is C17H20N2O4. The first-order chi connectivity index (χ1) is 11.0. The van der Waals surface area contributed by atoms with Crippen molar-refractivity contribution in [2.45, 2.75) is 40.0 Å². The lowest BCUT2D eigenvalue weighted by Crippen LogP contribution is -2.20. The summed E-state index contributed by atoms with van der Waals surface area (Å²) >= 11 is 0. The lowest BCUT2D eigenvalue weighted by molar-refractivity contribution is -0.142. The second-order valence-electron chi connectivity index (χ2n) is 6.05. The molecule has 0 aliphatic heterocycles. The number of aryl methyl sites for hydroxylation is 1. The Morgan fingerprint density at radius 3 is 2.87 bits per heavy atom. The van der Waals surface area contributed by atoms with Crippen LogP contribution in [0.1, 0.15) is 47.8 Å². The number of ether oxygens (including phenoxy) is 1. The van der Waals surface area contributed by atoms with E-state index in [4.69, 9.17) is 9.26 Å². The van der Waals surface area contributed by atoms with E-state index in [1.165, 1.54) is 0 Å². The van der Waals surface area contributed by atoms with Gasteiger partial charge in [0, 0.05) is 29.4 Å². The fourth-order valence-corrected chi connectivity index (χ4v) is 3.11. The van der Waals surface area contributed by atoms with Crippen molar-refractivity contribution < 1.29 is 18.8 Å². The Bertz CT molecular complexity index is 757. The number of carbonyl (C=O) groups is 2. The SMILES string of the molecule is CCOC(=O)Cc1cc2c(n1-c1cc(C)on1)C[C@H](C)CC2=O. The second kappa shape index (κ2) is 6.02. The van der Waals surface area contributed by atoms with Crippen LogP contribution in [0.2, 0.25) is 0 Å². The minimum absolute atomic E-state index is 0.106. The number of esters is 1. The minimum atomic E-state index is -0.315. The number of ketones is 1. The van der Waals surface area contributed by atoms with E-state index in [2.05, 4.69) is 12.1 Å². The van der Waals surface area contributed by atoms with Gasteiger partial charge in [0.15, 0.2) is 11.6 Å². The lowest BCUT2D eigenvalue weighted by Gasteiger charge is -2.19. The van der Waals surface area contributed by atoms with Gasteiger partial charge >= 0.3 is 5.97 Å². The van der Waals surface area contributed by atoms with Crippen molar-refractivity contribution in [2.24, 2.45) is 5.92 Å². The van der Waals surface area contributed by atoms with Crippen LogP contribution < -0.4 is 0 Å². The molecule has 122 valence electrons. The van der Waals surface area contributed by atoms with E-state index in [9.17, 15) is 9.59 Å². The third-order valence-corrected chi connectivity index (χ3v) is 4.03. The topological polar surface area (TPSA) is 74.3 Å². The first-order valence-electron chi connectivity index (χ1n) is 7.85. The molecule has 6 nitrogen and oxygen atoms in total. The molecular weight excluding hydrogens is 296 g/mol. The number of carbonyl (C=O) groups excluding carboxylic acids is 2. The predicted molar refractivity (Wildman–Crippen MR) is 82.7 cm³/mol. The molecule has 0 radical (unpaired) electrons. The Hall–Kier alpha value is -2.37. The van der Waals surface area contributed by atoms with Crippen LogP contribution in [0.3, 0.4) is 0 Å². The van der Waals surface area contributed by atoms with Gasteiger partial charge in [0.1, 0.15) is 5.76 Å². The Kier molecular flexibility index (Phi) is 4.07. The average Bonchev–Trinajstić information content (AvgIpc) is 3.02. The molecule has 2 aromatic heterocycles. The highest BCUT2D eigenvalue weighted by molar-refractivity contribution is 5.99. The summed E-state index contributed by atoms with van der Waals surface area (Å²) in [5.74, 6) is 1.35. The molecule has 0 saturated heterocycles. The summed E-state index contributed by atoms with van der Waals surface area (Å²) in [5.41, 5.74) is 2.30. The first-order valence-corrected chi connectivity index (χ1v) is 7.85. The van der Waals surface area contributed by atoms with Crippen LogP contribution in [-0.4, -0.2) is 28.1 Å². The number of fused-ring (bicyclic) bond motifs is 1. The van der Waals surface area contributed by atoms with Crippen LogP contribution in [0.25, 0.3) is 5.82 Å². The highest BCUT2D eigenvalue weighted by Gasteiger charge is 2.29. The highest BCUT2D eigenvalue weighted by Crippen LogP contribution is 2.31. The maximum Gasteiger partial charge on any atom is 0.311 e. The molecule has 0 bridgehead atoms. The van der Waals surface area contributed by atoms with Crippen molar-refractivity contribution >= 4 is 11.8 Å². The normalized spacial score (nSPS) is 17.2. The second-order valence-corrected chi connectivity index (χ2v) is 6.05. The molecule has 0 amide bonds. The molecule has 6 heteroatoms. The largest absolute Gasteiger partial charge is 0.466 e. The third kappa shape index (κ3) is 2.93. The first kappa shape index (κ1) is 15.5. The van der Waals surface area contributed by atoms with Crippen molar-refractivity contribution in [3.05, 3.63) is 34.8 Å². The van der Waals surface area contributed by atoms with Gasteiger partial charge in [0.25, 0.3) is 0 Å². The van der Waals surface area contributed by atoms with Gasteiger partial charge in [-0.3, -0.25) is 14.2 Å². The zero-order valence-corrected chi connectivity index (χ0v) is 13.6. The zero-order valence-electron chi connectivity index (χ0n) is 13.6. The van der Waals surface area contributed by atoms with Crippen molar-refractivity contribution in [2.75, 3.05) is 6.61 Å². The maximum absolute atomic E-state index is 12.3. The van der Waals surface area contributed by atoms with Gasteiger partial charge in [-0.15, -0.1) is 0 Å². The van der Waals surface area contributed by atoms with Crippen molar-refractivity contribution in [1.82, 2.24) is 9.72 Å². The molecule has 0 unspecified atom stereocenters. The summed E-state index contributed by atoms with van der Waals surface area (Å²) in [4.78, 5) is 24.2. The molecule has 0 N–H and O–H groups in total. The third-order valence-electron chi connectivity index (χ3n) is 4.03. The van der Waals surface area contributed by atoms with E-state index >= 15 is 0 Å². The van der Waals surface area contributed by atoms with Crippen LogP contribution >= 0.6 is 0 Å². The average molecular weight is 316 g/mol. The monoisotopic (exact) mass is 316 g/mol. The Balaban J connectivity index is 2.09. The fourth-order valence-electron chi connectivity index (χ4n) is 3.11. The molecule has 23 heavy (non-hydrogen) atoms. The summed E-state index contributed by atoms with van der Waals surface area (Å²) in [7, 11) is 0. The Labute approximate surface area is 134 Å². The van der Waals surface area contributed by atoms with Crippen molar-refractivity contribution in [3.8, 4) is 5.82 Å². The molecule has 2 aromatic rings. The maximum atomic E-state index is 12.3. The number of aromatic nitrogens is 2. The summed E-state index contributed by atoms with van der Waals surface area (Å²) in [6.45, 7) is 5.97. The molecule has 3 rings (SSSR count). The van der Waals surface area contributed by atoms with Crippen LogP contribution in [0.4, 0.5) is 0 Å². The van der Waals surface area contributed by atoms with Gasteiger partial charge in [-0.1, -0.05) is 12.1 Å². The standard InChI is InChI=1S/C17H20N2O4/c1-4-22-17(21)9-12-8-13-14(5-10(2)6-15(13)20)19(12)16-7-11(3)23-18-16/h7-8,10H,4-6,9H2,1-3H3/t10-/m0/s1. The number of hydrogen-bond acceptors (Lipinski definition) is 5. The van der Waals surface area contributed by atoms with Gasteiger partial charge in [-0.2, -0.15) is 0 Å². The molecule has 1 atom stereocenters. The zero-order chi connectivity index (χ0) is 16.6. The van der Waals surface area contributed by atoms with Gasteiger partial charge in [-0.05, 0) is 32.3 Å². The molecule has 0 aromatic carbocycles. The van der Waals surface area contributed by atoms with Crippen LogP contribution in [0, 0.1) is 12.8 Å². The molecule has 0 spiro atoms. The lowest BCUT2D eigenvalue weighted by atomic mass is 9.88. The van der Waals surface area contributed by atoms with E-state index in [0.717, 1.165) is 12.1 Å². The van der Waals surface area contributed by atoms with Crippen LogP contribution in [0.15, 0.2) is 16.7 Å². The number of rotatable bonds is 4. The fraction of sp³-hybridized carbons (Fsp3) is 0.471. The Morgan fingerprint density at radius 1 is 1.43 bits per heavy atom. The van der Waals surface area contributed by atoms with Gasteiger partial charge in [0.05, 0.1) is 13.0 Å². The van der Waals surface area contributed by atoms with E-state index < -0.39 is 0 Å². The molecule has 2 heterocycles. The Morgan fingerprint density at radius 2 is 2.22 bits per heavy atom. The molecule has 0 saturated carbocycles. The summed E-state index contributed by atoms with van der Waals surface area (Å²) in [6.07, 6.45) is 1.41. The number of Topliss-reactive ketones (excluding diaryl/α,β-unsaturated/α-hetero) is 1. The minimum Gasteiger partial charge on any atom is -0.466 e. The summed E-state index contributed by atoms with van der Waals surface area (Å²) in [6, 6.07) is 3.60. The van der Waals surface area contributed by atoms with Gasteiger partial charge in [0.2, 0.25) is 0 Å². The molecule has 1 aliphatic rings. The van der Waals surface area contributed by atoms with Crippen LogP contribution in [0.5, 0.6) is 0 Å². The quantitative estimate of drug-likeness (QED) is 0.811. The summed E-state index contributed by atoms with van der Waals surface area (Å²) in [5, 5.41) is 4.05. The van der Waals surface area contributed by atoms with E-state index in [1.807, 2.05) is 11.5 Å². The van der Waals surface area contributed by atoms with Crippen molar-refractivity contribution in [1.29, 1.82) is 0 Å². The van der Waals surface area contributed by atoms with E-state index in [1.54, 1.807) is 19.1 Å². The van der Waals surface area contributed by atoms with E-state index in [0.29, 0.717) is 35.9 Å². The van der Waals surface area contributed by atoms with Gasteiger partial charge < -0.3 is 9.26 Å². The number of nitrogens with zero attached hydrogens (tertiary/aromatic N) is 2. The smallest absolute Gasteiger partial charge is 0.311 e. The highest BCUT2D eigenvalue weighted by atomic mass is 16.5. The van der Waals surface area contributed by atoms with E-state index in [-0.39, 0.29) is 24.1 Å². The van der Waals surface area contributed by atoms with Gasteiger partial charge in [-0.25, -0.2) is 0 Å². The molecule has 1 aliphatic carbocycles. The number of hydrogen-bond donors (Lipinski definition) is 0. The van der Waals surface area contributed by atoms with Crippen molar-refractivity contribution in [3.63, 3.8) is 0 Å². The van der Waals surface area contributed by atoms with Crippen LogP contribution in [-0.2, 0) is 22.4 Å². The predicted octanol–water partition coefficient (Wildman–Crippen LogP) is 2.64. The molecule has 0 fully saturated rings.